The Bertz CT molecular complexity index is 714. The Balaban J connectivity index is 1.83. The largest absolute Gasteiger partial charge is 0.507 e. The van der Waals surface area contributed by atoms with Gasteiger partial charge >= 0.3 is 0 Å². The Labute approximate surface area is 133 Å². The number of ether oxygens (including phenoxy) is 1. The van der Waals surface area contributed by atoms with Crippen molar-refractivity contribution in [1.82, 2.24) is 10.9 Å². The molecule has 6 heteroatoms. The number of benzene rings is 2. The summed E-state index contributed by atoms with van der Waals surface area (Å²) in [6.45, 7) is 5.39. The molecule has 120 valence electrons. The summed E-state index contributed by atoms with van der Waals surface area (Å²) in [7, 11) is 0. The summed E-state index contributed by atoms with van der Waals surface area (Å²) in [5.74, 6) is -0.373. The molecule has 0 bridgehead atoms. The molecule has 0 fully saturated rings. The van der Waals surface area contributed by atoms with Crippen LogP contribution in [0.4, 0.5) is 4.39 Å². The van der Waals surface area contributed by atoms with Gasteiger partial charge in [0, 0.05) is 5.56 Å². The van der Waals surface area contributed by atoms with Gasteiger partial charge in [-0.2, -0.15) is 0 Å². The van der Waals surface area contributed by atoms with E-state index >= 15 is 0 Å². The lowest BCUT2D eigenvalue weighted by atomic mass is 10.1. The molecular formula is C17H17FN2O3. The van der Waals surface area contributed by atoms with Crippen LogP contribution in [0.1, 0.15) is 11.1 Å². The van der Waals surface area contributed by atoms with E-state index in [0.29, 0.717) is 17.0 Å². The van der Waals surface area contributed by atoms with Crippen molar-refractivity contribution in [2.45, 2.75) is 6.92 Å². The standard InChI is InChI=1S/C17H17FN2O3/c1-11-3-8-16(21)15(9-11)12(2)19-20-17(22)10-23-14-6-4-13(18)5-7-14/h3-9,19,21H,2,10H2,1H3,(H,20,22). The number of hydrogen-bond acceptors (Lipinski definition) is 4. The van der Waals surface area contributed by atoms with Gasteiger partial charge in [-0.05, 0) is 43.3 Å². The van der Waals surface area contributed by atoms with E-state index in [2.05, 4.69) is 17.4 Å². The summed E-state index contributed by atoms with van der Waals surface area (Å²) >= 11 is 0. The summed E-state index contributed by atoms with van der Waals surface area (Å²) in [6, 6.07) is 10.4. The minimum atomic E-state index is -0.442. The molecule has 0 spiro atoms. The van der Waals surface area contributed by atoms with Crippen LogP contribution in [-0.2, 0) is 4.79 Å². The molecule has 1 amide bonds. The summed E-state index contributed by atoms with van der Waals surface area (Å²) < 4.78 is 17.9. The molecule has 0 aliphatic carbocycles. The number of halogens is 1. The molecule has 0 saturated carbocycles. The van der Waals surface area contributed by atoms with Gasteiger partial charge in [-0.3, -0.25) is 15.6 Å². The molecule has 2 rings (SSSR count). The van der Waals surface area contributed by atoms with Crippen molar-refractivity contribution in [1.29, 1.82) is 0 Å². The topological polar surface area (TPSA) is 70.6 Å². The molecule has 0 unspecified atom stereocenters. The SMILES string of the molecule is C=C(NNC(=O)COc1ccc(F)cc1)c1cc(C)ccc1O. The van der Waals surface area contributed by atoms with Crippen LogP contribution in [0, 0.1) is 12.7 Å². The van der Waals surface area contributed by atoms with Gasteiger partial charge in [-0.25, -0.2) is 4.39 Å². The maximum Gasteiger partial charge on any atom is 0.276 e. The second-order valence-electron chi connectivity index (χ2n) is 4.91. The van der Waals surface area contributed by atoms with E-state index in [1.807, 2.05) is 6.92 Å². The predicted molar refractivity (Wildman–Crippen MR) is 85.1 cm³/mol. The van der Waals surface area contributed by atoms with Crippen LogP contribution in [0.25, 0.3) is 5.70 Å². The van der Waals surface area contributed by atoms with Gasteiger partial charge in [0.25, 0.3) is 5.91 Å². The van der Waals surface area contributed by atoms with E-state index in [9.17, 15) is 14.3 Å². The molecular weight excluding hydrogens is 299 g/mol. The normalized spacial score (nSPS) is 10.0. The first-order valence-corrected chi connectivity index (χ1v) is 6.88. The maximum absolute atomic E-state index is 12.7. The second kappa shape index (κ2) is 7.31. The van der Waals surface area contributed by atoms with Crippen molar-refractivity contribution in [3.8, 4) is 11.5 Å². The molecule has 0 saturated heterocycles. The van der Waals surface area contributed by atoms with Crippen LogP contribution in [0.2, 0.25) is 0 Å². The molecule has 23 heavy (non-hydrogen) atoms. The summed E-state index contributed by atoms with van der Waals surface area (Å²) in [5, 5.41) is 9.78. The van der Waals surface area contributed by atoms with E-state index in [-0.39, 0.29) is 18.2 Å². The monoisotopic (exact) mass is 316 g/mol. The highest BCUT2D eigenvalue weighted by Gasteiger charge is 2.07. The number of rotatable bonds is 6. The van der Waals surface area contributed by atoms with Gasteiger partial charge < -0.3 is 9.84 Å². The lowest BCUT2D eigenvalue weighted by Gasteiger charge is -2.13. The molecule has 0 atom stereocenters. The fraction of sp³-hybridized carbons (Fsp3) is 0.118. The van der Waals surface area contributed by atoms with Crippen LogP contribution in [0.3, 0.4) is 0 Å². The number of carbonyl (C=O) groups is 1. The number of phenolic OH excluding ortho intramolecular Hbond substituents is 1. The summed E-state index contributed by atoms with van der Waals surface area (Å²) in [5.41, 5.74) is 6.82. The van der Waals surface area contributed by atoms with Crippen molar-refractivity contribution >= 4 is 11.6 Å². The van der Waals surface area contributed by atoms with Gasteiger partial charge in [0.2, 0.25) is 0 Å². The third-order valence-electron chi connectivity index (χ3n) is 3.01. The third-order valence-corrected chi connectivity index (χ3v) is 3.01. The van der Waals surface area contributed by atoms with Gasteiger partial charge in [-0.15, -0.1) is 0 Å². The Kier molecular flexibility index (Phi) is 5.19. The fourth-order valence-corrected chi connectivity index (χ4v) is 1.82. The zero-order valence-electron chi connectivity index (χ0n) is 12.6. The third kappa shape index (κ3) is 4.74. The highest BCUT2D eigenvalue weighted by atomic mass is 19.1. The van der Waals surface area contributed by atoms with E-state index < -0.39 is 5.91 Å². The van der Waals surface area contributed by atoms with Crippen LogP contribution in [-0.4, -0.2) is 17.6 Å². The van der Waals surface area contributed by atoms with Gasteiger partial charge in [-0.1, -0.05) is 18.2 Å². The number of carbonyl (C=O) groups excluding carboxylic acids is 1. The lowest BCUT2D eigenvalue weighted by Crippen LogP contribution is -2.39. The first kappa shape index (κ1) is 16.4. The molecule has 0 heterocycles. The number of hydrazine groups is 1. The van der Waals surface area contributed by atoms with Crippen LogP contribution < -0.4 is 15.6 Å². The molecule has 2 aromatic rings. The predicted octanol–water partition coefficient (Wildman–Crippen LogP) is 2.51. The van der Waals surface area contributed by atoms with Gasteiger partial charge in [0.05, 0.1) is 5.70 Å². The summed E-state index contributed by atoms with van der Waals surface area (Å²) in [4.78, 5) is 11.7. The second-order valence-corrected chi connectivity index (χ2v) is 4.91. The van der Waals surface area contributed by atoms with Crippen molar-refractivity contribution in [2.75, 3.05) is 6.61 Å². The molecule has 2 aromatic carbocycles. The van der Waals surface area contributed by atoms with Crippen molar-refractivity contribution in [3.63, 3.8) is 0 Å². The molecule has 0 radical (unpaired) electrons. The first-order valence-electron chi connectivity index (χ1n) is 6.88. The van der Waals surface area contributed by atoms with Crippen LogP contribution >= 0.6 is 0 Å². The van der Waals surface area contributed by atoms with E-state index in [1.54, 1.807) is 18.2 Å². The molecule has 0 aliphatic rings. The minimum absolute atomic E-state index is 0.0601. The number of aromatic hydroxyl groups is 1. The van der Waals surface area contributed by atoms with Crippen LogP contribution in [0.5, 0.6) is 11.5 Å². The van der Waals surface area contributed by atoms with Crippen LogP contribution in [0.15, 0.2) is 49.0 Å². The zero-order valence-corrected chi connectivity index (χ0v) is 12.6. The zero-order chi connectivity index (χ0) is 16.8. The van der Waals surface area contributed by atoms with Crippen molar-refractivity contribution < 1.29 is 19.0 Å². The number of hydrogen-bond donors (Lipinski definition) is 3. The van der Waals surface area contributed by atoms with Crippen molar-refractivity contribution in [2.24, 2.45) is 0 Å². The van der Waals surface area contributed by atoms with Gasteiger partial charge in [0.15, 0.2) is 6.61 Å². The summed E-state index contributed by atoms with van der Waals surface area (Å²) in [6.07, 6.45) is 0. The van der Waals surface area contributed by atoms with Crippen molar-refractivity contribution in [3.05, 3.63) is 66.0 Å². The number of nitrogens with one attached hydrogen (secondary N) is 2. The lowest BCUT2D eigenvalue weighted by molar-refractivity contribution is -0.123. The molecule has 3 N–H and O–H groups in total. The number of amides is 1. The first-order chi connectivity index (χ1) is 11.0. The highest BCUT2D eigenvalue weighted by Crippen LogP contribution is 2.22. The molecule has 0 aromatic heterocycles. The number of aryl methyl sites for hydroxylation is 1. The highest BCUT2D eigenvalue weighted by molar-refractivity contribution is 5.79. The number of phenols is 1. The smallest absolute Gasteiger partial charge is 0.276 e. The Morgan fingerprint density at radius 3 is 2.61 bits per heavy atom. The van der Waals surface area contributed by atoms with E-state index in [4.69, 9.17) is 4.74 Å². The fourth-order valence-electron chi connectivity index (χ4n) is 1.82. The Hall–Kier alpha value is -3.02. The average molecular weight is 316 g/mol. The molecule has 5 nitrogen and oxygen atoms in total. The minimum Gasteiger partial charge on any atom is -0.507 e. The van der Waals surface area contributed by atoms with E-state index in [0.717, 1.165) is 5.56 Å². The van der Waals surface area contributed by atoms with Gasteiger partial charge in [0.1, 0.15) is 17.3 Å². The Morgan fingerprint density at radius 1 is 1.22 bits per heavy atom. The quantitative estimate of drug-likeness (QED) is 0.716. The Morgan fingerprint density at radius 2 is 1.91 bits per heavy atom. The average Bonchev–Trinajstić information content (AvgIpc) is 2.54. The maximum atomic E-state index is 12.7. The molecule has 0 aliphatic heterocycles. The van der Waals surface area contributed by atoms with E-state index in [1.165, 1.54) is 24.3 Å².